The van der Waals surface area contributed by atoms with E-state index in [1.54, 1.807) is 12.1 Å². The van der Waals surface area contributed by atoms with Crippen molar-refractivity contribution >= 4 is 0 Å². The van der Waals surface area contributed by atoms with Crippen LogP contribution >= 0.6 is 0 Å². The maximum atomic E-state index is 9.86. The van der Waals surface area contributed by atoms with Gasteiger partial charge in [0.05, 0.1) is 17.6 Å². The van der Waals surface area contributed by atoms with Crippen molar-refractivity contribution in [2.24, 2.45) is 0 Å². The molecule has 0 spiro atoms. The Bertz CT molecular complexity index is 445. The van der Waals surface area contributed by atoms with E-state index in [0.717, 1.165) is 18.4 Å². The van der Waals surface area contributed by atoms with Crippen LogP contribution in [0.15, 0.2) is 24.3 Å². The van der Waals surface area contributed by atoms with E-state index < -0.39 is 12.2 Å². The van der Waals surface area contributed by atoms with Gasteiger partial charge in [-0.05, 0) is 30.4 Å². The van der Waals surface area contributed by atoms with E-state index in [1.807, 2.05) is 12.1 Å². The van der Waals surface area contributed by atoms with Crippen molar-refractivity contribution in [2.45, 2.75) is 36.9 Å². The number of nitriles is 1. The lowest BCUT2D eigenvalue weighted by Crippen LogP contribution is -2.19. The van der Waals surface area contributed by atoms with Crippen LogP contribution in [-0.4, -0.2) is 28.0 Å². The predicted molar refractivity (Wildman–Crippen MR) is 65.6 cm³/mol. The number of hydrogen-bond acceptors (Lipinski definition) is 4. The van der Waals surface area contributed by atoms with Crippen molar-refractivity contribution in [3.05, 3.63) is 35.4 Å². The number of hydrogen-bond donors (Lipinski definition) is 3. The Kier molecular flexibility index (Phi) is 3.67. The van der Waals surface area contributed by atoms with Gasteiger partial charge in [0.25, 0.3) is 0 Å². The fourth-order valence-electron chi connectivity index (χ4n) is 2.10. The summed E-state index contributed by atoms with van der Waals surface area (Å²) in [5.74, 6) is 0. The van der Waals surface area contributed by atoms with E-state index in [9.17, 15) is 10.2 Å². The minimum absolute atomic E-state index is 0.144. The molecular weight excluding hydrogens is 230 g/mol. The minimum atomic E-state index is -0.997. The number of aliphatic hydroxyl groups excluding tert-OH is 3. The third-order valence-electron chi connectivity index (χ3n) is 3.56. The van der Waals surface area contributed by atoms with Crippen LogP contribution in [0.3, 0.4) is 0 Å². The molecule has 2 unspecified atom stereocenters. The highest BCUT2D eigenvalue weighted by atomic mass is 16.3. The highest BCUT2D eigenvalue weighted by molar-refractivity contribution is 5.40. The summed E-state index contributed by atoms with van der Waals surface area (Å²) < 4.78 is 0. The SMILES string of the molecule is N#CC1(c2ccc(C(O)C(O)CCO)cc2)CC1. The third kappa shape index (κ3) is 2.39. The van der Waals surface area contributed by atoms with Crippen molar-refractivity contribution in [1.29, 1.82) is 5.26 Å². The molecule has 0 aliphatic heterocycles. The van der Waals surface area contributed by atoms with Gasteiger partial charge in [0, 0.05) is 6.61 Å². The van der Waals surface area contributed by atoms with Crippen molar-refractivity contribution in [3.8, 4) is 6.07 Å². The lowest BCUT2D eigenvalue weighted by Gasteiger charge is -2.18. The van der Waals surface area contributed by atoms with Crippen molar-refractivity contribution in [3.63, 3.8) is 0 Å². The van der Waals surface area contributed by atoms with Gasteiger partial charge in [0.15, 0.2) is 0 Å². The van der Waals surface area contributed by atoms with Crippen LogP contribution in [0, 0.1) is 11.3 Å². The number of aliphatic hydroxyl groups is 3. The zero-order valence-corrected chi connectivity index (χ0v) is 10.1. The highest BCUT2D eigenvalue weighted by Crippen LogP contribution is 2.47. The van der Waals surface area contributed by atoms with E-state index in [2.05, 4.69) is 6.07 Å². The first-order chi connectivity index (χ1) is 8.63. The molecule has 4 heteroatoms. The molecule has 18 heavy (non-hydrogen) atoms. The number of rotatable bonds is 5. The first-order valence-electron chi connectivity index (χ1n) is 6.11. The molecule has 1 saturated carbocycles. The second-order valence-corrected chi connectivity index (χ2v) is 4.84. The molecule has 1 aromatic carbocycles. The fraction of sp³-hybridized carbons (Fsp3) is 0.500. The van der Waals surface area contributed by atoms with Crippen LogP contribution in [0.4, 0.5) is 0 Å². The van der Waals surface area contributed by atoms with Crippen molar-refractivity contribution in [2.75, 3.05) is 6.61 Å². The molecule has 2 rings (SSSR count). The van der Waals surface area contributed by atoms with E-state index in [0.29, 0.717) is 5.56 Å². The van der Waals surface area contributed by atoms with Gasteiger partial charge >= 0.3 is 0 Å². The quantitative estimate of drug-likeness (QED) is 0.725. The summed E-state index contributed by atoms with van der Waals surface area (Å²) in [5, 5.41) is 37.3. The second kappa shape index (κ2) is 5.07. The monoisotopic (exact) mass is 247 g/mol. The summed E-state index contributed by atoms with van der Waals surface area (Å²) in [5.41, 5.74) is 1.25. The van der Waals surface area contributed by atoms with Gasteiger partial charge in [-0.1, -0.05) is 24.3 Å². The molecule has 2 atom stereocenters. The van der Waals surface area contributed by atoms with Crippen LogP contribution in [0.1, 0.15) is 36.5 Å². The summed E-state index contributed by atoms with van der Waals surface area (Å²) in [4.78, 5) is 0. The van der Waals surface area contributed by atoms with E-state index in [-0.39, 0.29) is 18.4 Å². The van der Waals surface area contributed by atoms with Gasteiger partial charge in [-0.2, -0.15) is 5.26 Å². The molecule has 0 aromatic heterocycles. The van der Waals surface area contributed by atoms with Gasteiger partial charge < -0.3 is 15.3 Å². The molecule has 1 aromatic rings. The summed E-state index contributed by atoms with van der Waals surface area (Å²) in [6.07, 6.45) is -0.0441. The second-order valence-electron chi connectivity index (χ2n) is 4.84. The molecule has 1 aliphatic rings. The van der Waals surface area contributed by atoms with Crippen LogP contribution < -0.4 is 0 Å². The number of nitrogens with zero attached hydrogens (tertiary/aromatic N) is 1. The Morgan fingerprint density at radius 3 is 2.28 bits per heavy atom. The number of benzene rings is 1. The Morgan fingerprint density at radius 2 is 1.83 bits per heavy atom. The van der Waals surface area contributed by atoms with Gasteiger partial charge in [-0.25, -0.2) is 0 Å². The molecule has 0 saturated heterocycles. The molecule has 1 aliphatic carbocycles. The maximum Gasteiger partial charge on any atom is 0.105 e. The lowest BCUT2D eigenvalue weighted by atomic mass is 9.94. The van der Waals surface area contributed by atoms with E-state index in [4.69, 9.17) is 10.4 Å². The normalized spacial score (nSPS) is 19.9. The minimum Gasteiger partial charge on any atom is -0.396 e. The van der Waals surface area contributed by atoms with Gasteiger partial charge in [0.1, 0.15) is 6.10 Å². The molecule has 3 N–H and O–H groups in total. The predicted octanol–water partition coefficient (Wildman–Crippen LogP) is 1.02. The first kappa shape index (κ1) is 13.0. The molecule has 96 valence electrons. The smallest absolute Gasteiger partial charge is 0.105 e. The molecule has 1 fully saturated rings. The Balaban J connectivity index is 2.11. The summed E-state index contributed by atoms with van der Waals surface area (Å²) in [6, 6.07) is 9.45. The average molecular weight is 247 g/mol. The van der Waals surface area contributed by atoms with Crippen LogP contribution in [0.25, 0.3) is 0 Å². The largest absolute Gasteiger partial charge is 0.396 e. The average Bonchev–Trinajstić information content (AvgIpc) is 3.19. The standard InChI is InChI=1S/C14H17NO3/c15-9-14(6-7-14)11-3-1-10(2-4-11)13(18)12(17)5-8-16/h1-4,12-13,16-18H,5-8H2. The van der Waals surface area contributed by atoms with Gasteiger partial charge in [-0.15, -0.1) is 0 Å². The Hall–Kier alpha value is -1.41. The van der Waals surface area contributed by atoms with Crippen LogP contribution in [-0.2, 0) is 5.41 Å². The fourth-order valence-corrected chi connectivity index (χ4v) is 2.10. The lowest BCUT2D eigenvalue weighted by molar-refractivity contribution is 0.00421. The topological polar surface area (TPSA) is 84.5 Å². The van der Waals surface area contributed by atoms with Crippen LogP contribution in [0.2, 0.25) is 0 Å². The molecule has 0 radical (unpaired) electrons. The molecule has 4 nitrogen and oxygen atoms in total. The summed E-state index contributed by atoms with van der Waals surface area (Å²) >= 11 is 0. The zero-order valence-electron chi connectivity index (χ0n) is 10.1. The zero-order chi connectivity index (χ0) is 13.2. The third-order valence-corrected chi connectivity index (χ3v) is 3.56. The molecule has 0 heterocycles. The highest BCUT2D eigenvalue weighted by Gasteiger charge is 2.44. The maximum absolute atomic E-state index is 9.86. The van der Waals surface area contributed by atoms with Crippen molar-refractivity contribution in [1.82, 2.24) is 0 Å². The molecule has 0 bridgehead atoms. The van der Waals surface area contributed by atoms with Gasteiger partial charge in [0.2, 0.25) is 0 Å². The summed E-state index contributed by atoms with van der Waals surface area (Å²) in [7, 11) is 0. The van der Waals surface area contributed by atoms with Crippen LogP contribution in [0.5, 0.6) is 0 Å². The Morgan fingerprint density at radius 1 is 1.22 bits per heavy atom. The molecular formula is C14H17NO3. The molecule has 0 amide bonds. The van der Waals surface area contributed by atoms with Crippen molar-refractivity contribution < 1.29 is 15.3 Å². The van der Waals surface area contributed by atoms with E-state index in [1.165, 1.54) is 0 Å². The summed E-state index contributed by atoms with van der Waals surface area (Å²) in [6.45, 7) is -0.159. The Labute approximate surface area is 106 Å². The van der Waals surface area contributed by atoms with Gasteiger partial charge in [-0.3, -0.25) is 0 Å². The first-order valence-corrected chi connectivity index (χ1v) is 6.11. The van der Waals surface area contributed by atoms with E-state index >= 15 is 0 Å².